The molecule has 172 valence electrons. The lowest BCUT2D eigenvalue weighted by molar-refractivity contribution is -0.122. The summed E-state index contributed by atoms with van der Waals surface area (Å²) < 4.78 is 53.5. The van der Waals surface area contributed by atoms with Gasteiger partial charge in [0, 0.05) is 12.5 Å². The van der Waals surface area contributed by atoms with E-state index in [0.717, 1.165) is 0 Å². The lowest BCUT2D eigenvalue weighted by atomic mass is 9.81. The highest BCUT2D eigenvalue weighted by Crippen LogP contribution is 2.30. The number of amides is 2. The molecule has 0 bridgehead atoms. The van der Waals surface area contributed by atoms with Gasteiger partial charge >= 0.3 is 0 Å². The highest BCUT2D eigenvalue weighted by Gasteiger charge is 2.27. The maximum atomic E-state index is 14.5. The van der Waals surface area contributed by atoms with Crippen molar-refractivity contribution in [3.63, 3.8) is 0 Å². The van der Waals surface area contributed by atoms with Crippen LogP contribution in [-0.2, 0) is 11.4 Å². The predicted molar refractivity (Wildman–Crippen MR) is 111 cm³/mol. The summed E-state index contributed by atoms with van der Waals surface area (Å²) in [6.45, 7) is 0.0134. The van der Waals surface area contributed by atoms with E-state index in [1.54, 1.807) is 24.3 Å². The summed E-state index contributed by atoms with van der Waals surface area (Å²) in [7, 11) is 1.51. The topological polar surface area (TPSA) is 90.7 Å². The molecule has 1 aliphatic carbocycles. The van der Waals surface area contributed by atoms with Gasteiger partial charge in [-0.2, -0.15) is 4.39 Å². The SMILES string of the molecule is COc1ccc(COc2c(F)cc(C(=O)NC[C@H]3CC[C@H](C(N)=O)CC3)c(F)c2F)cc1. The fraction of sp³-hybridized carbons (Fsp3) is 0.391. The summed E-state index contributed by atoms with van der Waals surface area (Å²) in [5.74, 6) is -5.85. The van der Waals surface area contributed by atoms with Crippen molar-refractivity contribution >= 4 is 11.8 Å². The highest BCUT2D eigenvalue weighted by atomic mass is 19.2. The minimum absolute atomic E-state index is 0.0828. The number of primary amides is 1. The summed E-state index contributed by atoms with van der Waals surface area (Å²) >= 11 is 0. The summed E-state index contributed by atoms with van der Waals surface area (Å²) in [4.78, 5) is 23.5. The molecule has 2 aromatic rings. The van der Waals surface area contributed by atoms with Crippen LogP contribution in [0.5, 0.6) is 11.5 Å². The lowest BCUT2D eigenvalue weighted by Crippen LogP contribution is -2.34. The van der Waals surface area contributed by atoms with Crippen LogP contribution < -0.4 is 20.5 Å². The standard InChI is InChI=1S/C23H25F3N2O4/c1-31-16-8-4-14(5-9-16)12-32-21-18(24)10-17(19(25)20(21)26)23(30)28-11-13-2-6-15(7-3-13)22(27)29/h4-5,8-10,13,15H,2-3,6-7,11-12H2,1H3,(H2,27,29)(H,28,30)/t13-,15-. The molecule has 2 amide bonds. The van der Waals surface area contributed by atoms with Crippen molar-refractivity contribution < 1.29 is 32.2 Å². The van der Waals surface area contributed by atoms with E-state index >= 15 is 0 Å². The summed E-state index contributed by atoms with van der Waals surface area (Å²) in [5.41, 5.74) is 5.16. The molecular formula is C23H25F3N2O4. The van der Waals surface area contributed by atoms with Crippen LogP contribution in [0.4, 0.5) is 13.2 Å². The Morgan fingerprint density at radius 3 is 2.31 bits per heavy atom. The van der Waals surface area contributed by atoms with Gasteiger partial charge in [-0.3, -0.25) is 9.59 Å². The van der Waals surface area contributed by atoms with Gasteiger partial charge in [0.25, 0.3) is 5.91 Å². The monoisotopic (exact) mass is 450 g/mol. The number of carbonyl (C=O) groups is 2. The van der Waals surface area contributed by atoms with Crippen molar-refractivity contribution in [3.05, 3.63) is 58.9 Å². The van der Waals surface area contributed by atoms with E-state index in [1.807, 2.05) is 0 Å². The van der Waals surface area contributed by atoms with Gasteiger partial charge in [0.05, 0.1) is 12.7 Å². The molecule has 3 rings (SSSR count). The summed E-state index contributed by atoms with van der Waals surface area (Å²) in [6.07, 6.45) is 2.59. The van der Waals surface area contributed by atoms with Crippen LogP contribution >= 0.6 is 0 Å². The van der Waals surface area contributed by atoms with Gasteiger partial charge in [0.2, 0.25) is 11.7 Å². The third kappa shape index (κ3) is 5.52. The maximum absolute atomic E-state index is 14.5. The van der Waals surface area contributed by atoms with Gasteiger partial charge in [-0.15, -0.1) is 0 Å². The van der Waals surface area contributed by atoms with Crippen molar-refractivity contribution in [2.75, 3.05) is 13.7 Å². The van der Waals surface area contributed by atoms with E-state index < -0.39 is 34.7 Å². The second-order valence-electron chi connectivity index (χ2n) is 7.83. The summed E-state index contributed by atoms with van der Waals surface area (Å²) in [5, 5.41) is 2.52. The maximum Gasteiger partial charge on any atom is 0.254 e. The highest BCUT2D eigenvalue weighted by molar-refractivity contribution is 5.94. The Labute approximate surface area is 183 Å². The number of hydrogen-bond donors (Lipinski definition) is 2. The number of rotatable bonds is 8. The Morgan fingerprint density at radius 1 is 1.06 bits per heavy atom. The quantitative estimate of drug-likeness (QED) is 0.600. The zero-order valence-corrected chi connectivity index (χ0v) is 17.6. The first kappa shape index (κ1) is 23.4. The normalized spacial score (nSPS) is 18.1. The van der Waals surface area contributed by atoms with Crippen LogP contribution in [0.25, 0.3) is 0 Å². The molecule has 0 aromatic heterocycles. The third-order valence-electron chi connectivity index (χ3n) is 5.70. The largest absolute Gasteiger partial charge is 0.497 e. The van der Waals surface area contributed by atoms with Gasteiger partial charge in [-0.05, 0) is 55.4 Å². The van der Waals surface area contributed by atoms with Gasteiger partial charge in [0.1, 0.15) is 12.4 Å². The lowest BCUT2D eigenvalue weighted by Gasteiger charge is -2.26. The van der Waals surface area contributed by atoms with Crippen LogP contribution in [0.3, 0.4) is 0 Å². The van der Waals surface area contributed by atoms with Gasteiger partial charge < -0.3 is 20.5 Å². The Morgan fingerprint density at radius 2 is 1.72 bits per heavy atom. The molecule has 0 unspecified atom stereocenters. The first-order valence-electron chi connectivity index (χ1n) is 10.3. The molecule has 0 spiro atoms. The second-order valence-corrected chi connectivity index (χ2v) is 7.83. The van der Waals surface area contributed by atoms with Crippen molar-refractivity contribution in [3.8, 4) is 11.5 Å². The fourth-order valence-electron chi connectivity index (χ4n) is 3.74. The fourth-order valence-corrected chi connectivity index (χ4v) is 3.74. The summed E-state index contributed by atoms with van der Waals surface area (Å²) in [6, 6.07) is 7.22. The first-order valence-corrected chi connectivity index (χ1v) is 10.3. The van der Waals surface area contributed by atoms with E-state index in [9.17, 15) is 22.8 Å². The van der Waals surface area contributed by atoms with Crippen LogP contribution in [0.15, 0.2) is 30.3 Å². The van der Waals surface area contributed by atoms with Gasteiger partial charge in [-0.25, -0.2) is 8.78 Å². The van der Waals surface area contributed by atoms with Crippen molar-refractivity contribution in [1.29, 1.82) is 0 Å². The number of halogens is 3. The average Bonchev–Trinajstić information content (AvgIpc) is 2.80. The molecule has 0 saturated heterocycles. The third-order valence-corrected chi connectivity index (χ3v) is 5.70. The Hall–Kier alpha value is -3.23. The van der Waals surface area contributed by atoms with Crippen LogP contribution in [0.2, 0.25) is 0 Å². The number of hydrogen-bond acceptors (Lipinski definition) is 4. The van der Waals surface area contributed by atoms with E-state index in [0.29, 0.717) is 43.1 Å². The number of nitrogens with two attached hydrogens (primary N) is 1. The van der Waals surface area contributed by atoms with Crippen LogP contribution in [0, 0.1) is 29.3 Å². The number of carbonyl (C=O) groups excluding carboxylic acids is 2. The second kappa shape index (κ2) is 10.4. The van der Waals surface area contributed by atoms with Crippen molar-refractivity contribution in [2.45, 2.75) is 32.3 Å². The van der Waals surface area contributed by atoms with Crippen LogP contribution in [0.1, 0.15) is 41.6 Å². The molecule has 1 saturated carbocycles. The van der Waals surface area contributed by atoms with E-state index in [2.05, 4.69) is 5.32 Å². The molecule has 0 radical (unpaired) electrons. The van der Waals surface area contributed by atoms with Gasteiger partial charge in [0.15, 0.2) is 17.4 Å². The minimum atomic E-state index is -1.56. The molecule has 2 aromatic carbocycles. The number of benzene rings is 2. The smallest absolute Gasteiger partial charge is 0.254 e. The molecule has 0 atom stereocenters. The zero-order valence-electron chi connectivity index (χ0n) is 17.6. The minimum Gasteiger partial charge on any atom is -0.497 e. The Bertz CT molecular complexity index is 974. The van der Waals surface area contributed by atoms with Gasteiger partial charge in [-0.1, -0.05) is 12.1 Å². The van der Waals surface area contributed by atoms with E-state index in [-0.39, 0.29) is 30.9 Å². The molecule has 1 fully saturated rings. The molecule has 3 N–H and O–H groups in total. The molecule has 9 heteroatoms. The zero-order chi connectivity index (χ0) is 23.3. The van der Waals surface area contributed by atoms with Crippen molar-refractivity contribution in [1.82, 2.24) is 5.32 Å². The van der Waals surface area contributed by atoms with E-state index in [1.165, 1.54) is 7.11 Å². The first-order chi connectivity index (χ1) is 15.3. The molecule has 6 nitrogen and oxygen atoms in total. The number of methoxy groups -OCH3 is 1. The molecule has 0 heterocycles. The van der Waals surface area contributed by atoms with Crippen molar-refractivity contribution in [2.24, 2.45) is 17.6 Å². The van der Waals surface area contributed by atoms with E-state index in [4.69, 9.17) is 15.2 Å². The molecule has 1 aliphatic rings. The molecular weight excluding hydrogens is 425 g/mol. The number of ether oxygens (including phenoxy) is 2. The Balaban J connectivity index is 1.61. The average molecular weight is 450 g/mol. The molecule has 32 heavy (non-hydrogen) atoms. The Kier molecular flexibility index (Phi) is 7.61. The van der Waals surface area contributed by atoms with Crippen LogP contribution in [-0.4, -0.2) is 25.5 Å². The molecule has 0 aliphatic heterocycles. The number of nitrogens with one attached hydrogen (secondary N) is 1. The predicted octanol–water partition coefficient (Wildman–Crippen LogP) is 3.71.